The lowest BCUT2D eigenvalue weighted by Crippen LogP contribution is -2.61. The molecule has 0 bridgehead atoms. The highest BCUT2D eigenvalue weighted by Gasteiger charge is 2.52. The van der Waals surface area contributed by atoms with Gasteiger partial charge in [0, 0.05) is 38.5 Å². The predicted octanol–water partition coefficient (Wildman–Crippen LogP) is 2.65. The van der Waals surface area contributed by atoms with E-state index in [1.807, 2.05) is 6.92 Å². The lowest BCUT2D eigenvalue weighted by atomic mass is 9.72. The molecule has 0 radical (unpaired) electrons. The zero-order valence-corrected chi connectivity index (χ0v) is 19.1. The van der Waals surface area contributed by atoms with Gasteiger partial charge in [0.2, 0.25) is 5.43 Å². The molecule has 0 unspecified atom stereocenters. The van der Waals surface area contributed by atoms with Crippen LogP contribution in [0.3, 0.4) is 0 Å². The zero-order valence-electron chi connectivity index (χ0n) is 18.4. The SMILES string of the molecule is CCCO[C@H]1C[C@@]2(CN(C)C(=O)c3c(O)c(=O)c(C(=O)NCc4cccc(Cl)c4F)cn32)C1. The van der Waals surface area contributed by atoms with Gasteiger partial charge in [-0.05, 0) is 25.3 Å². The van der Waals surface area contributed by atoms with Crippen molar-refractivity contribution in [2.75, 3.05) is 20.2 Å². The Morgan fingerprint density at radius 3 is 2.79 bits per heavy atom. The van der Waals surface area contributed by atoms with Crippen LogP contribution >= 0.6 is 11.6 Å². The van der Waals surface area contributed by atoms with Gasteiger partial charge in [-0.25, -0.2) is 4.39 Å². The van der Waals surface area contributed by atoms with Crippen LogP contribution in [0.2, 0.25) is 5.02 Å². The highest BCUT2D eigenvalue weighted by Crippen LogP contribution is 2.45. The van der Waals surface area contributed by atoms with Gasteiger partial charge in [-0.1, -0.05) is 30.7 Å². The monoisotopic (exact) mass is 477 g/mol. The van der Waals surface area contributed by atoms with Crippen molar-refractivity contribution < 1.29 is 23.8 Å². The van der Waals surface area contributed by atoms with Gasteiger partial charge in [0.25, 0.3) is 11.8 Å². The number of carbonyl (C=O) groups is 2. The number of ether oxygens (including phenoxy) is 1. The number of benzene rings is 1. The summed E-state index contributed by atoms with van der Waals surface area (Å²) < 4.78 is 21.5. The Hall–Kier alpha value is -2.91. The number of aromatic nitrogens is 1. The molecule has 1 spiro atoms. The van der Waals surface area contributed by atoms with Gasteiger partial charge < -0.3 is 24.6 Å². The van der Waals surface area contributed by atoms with Gasteiger partial charge >= 0.3 is 0 Å². The smallest absolute Gasteiger partial charge is 0.274 e. The Kier molecular flexibility index (Phi) is 6.20. The van der Waals surface area contributed by atoms with Crippen molar-refractivity contribution in [1.29, 1.82) is 0 Å². The second-order valence-electron chi connectivity index (χ2n) is 8.62. The molecular formula is C23H25ClFN3O5. The van der Waals surface area contributed by atoms with E-state index in [2.05, 4.69) is 5.32 Å². The number of nitrogens with one attached hydrogen (secondary N) is 1. The van der Waals surface area contributed by atoms with Crippen LogP contribution in [0, 0.1) is 5.82 Å². The molecule has 2 N–H and O–H groups in total. The Labute approximate surface area is 194 Å². The van der Waals surface area contributed by atoms with E-state index in [1.165, 1.54) is 23.2 Å². The van der Waals surface area contributed by atoms with Crippen molar-refractivity contribution in [3.8, 4) is 5.75 Å². The fraction of sp³-hybridized carbons (Fsp3) is 0.435. The summed E-state index contributed by atoms with van der Waals surface area (Å²) in [5.74, 6) is -2.72. The maximum atomic E-state index is 14.1. The lowest BCUT2D eigenvalue weighted by molar-refractivity contribution is -0.0859. The fourth-order valence-corrected chi connectivity index (χ4v) is 4.78. The molecule has 33 heavy (non-hydrogen) atoms. The van der Waals surface area contributed by atoms with Crippen LogP contribution in [-0.2, 0) is 16.8 Å². The van der Waals surface area contributed by atoms with Crippen LogP contribution in [0.15, 0.2) is 29.2 Å². The molecule has 0 saturated heterocycles. The number of pyridine rings is 1. The number of hydrogen-bond donors (Lipinski definition) is 2. The summed E-state index contributed by atoms with van der Waals surface area (Å²) in [6, 6.07) is 4.40. The number of aromatic hydroxyl groups is 1. The Balaban J connectivity index is 1.66. The average molecular weight is 478 g/mol. The summed E-state index contributed by atoms with van der Waals surface area (Å²) >= 11 is 5.77. The molecule has 1 aromatic heterocycles. The maximum Gasteiger partial charge on any atom is 0.274 e. The molecule has 2 aliphatic rings. The van der Waals surface area contributed by atoms with Crippen molar-refractivity contribution in [1.82, 2.24) is 14.8 Å². The molecule has 0 atom stereocenters. The number of carbonyl (C=O) groups excluding carboxylic acids is 2. The van der Waals surface area contributed by atoms with Crippen LogP contribution < -0.4 is 10.7 Å². The van der Waals surface area contributed by atoms with E-state index in [-0.39, 0.29) is 34.5 Å². The van der Waals surface area contributed by atoms with Gasteiger partial charge in [-0.15, -0.1) is 0 Å². The predicted molar refractivity (Wildman–Crippen MR) is 119 cm³/mol. The van der Waals surface area contributed by atoms with Crippen LogP contribution in [0.5, 0.6) is 5.75 Å². The molecule has 2 amide bonds. The highest BCUT2D eigenvalue weighted by molar-refractivity contribution is 6.30. The molecule has 8 nitrogen and oxygen atoms in total. The van der Waals surface area contributed by atoms with Gasteiger partial charge in [0.05, 0.1) is 16.7 Å². The first kappa shape index (κ1) is 23.3. The third-order valence-corrected chi connectivity index (χ3v) is 6.56. The first-order chi connectivity index (χ1) is 15.7. The summed E-state index contributed by atoms with van der Waals surface area (Å²) in [5, 5.41) is 13.0. The molecule has 2 heterocycles. The van der Waals surface area contributed by atoms with E-state index in [9.17, 15) is 23.9 Å². The molecule has 1 fully saturated rings. The van der Waals surface area contributed by atoms with Crippen LogP contribution in [0.4, 0.5) is 4.39 Å². The topological polar surface area (TPSA) is 101 Å². The minimum Gasteiger partial charge on any atom is -0.503 e. The normalized spacial score (nSPS) is 21.6. The summed E-state index contributed by atoms with van der Waals surface area (Å²) in [6.07, 6.45) is 3.35. The first-order valence-corrected chi connectivity index (χ1v) is 11.1. The third-order valence-electron chi connectivity index (χ3n) is 6.26. The fourth-order valence-electron chi connectivity index (χ4n) is 4.58. The summed E-state index contributed by atoms with van der Waals surface area (Å²) in [5.41, 5.74) is -1.85. The van der Waals surface area contributed by atoms with Crippen molar-refractivity contribution in [3.05, 3.63) is 62.3 Å². The van der Waals surface area contributed by atoms with E-state index < -0.39 is 34.3 Å². The van der Waals surface area contributed by atoms with E-state index in [0.29, 0.717) is 26.0 Å². The number of rotatable bonds is 6. The average Bonchev–Trinajstić information content (AvgIpc) is 2.76. The summed E-state index contributed by atoms with van der Waals surface area (Å²) in [7, 11) is 1.61. The minimum absolute atomic E-state index is 0.0101. The number of amides is 2. The minimum atomic E-state index is -0.956. The molecule has 10 heteroatoms. The second kappa shape index (κ2) is 8.79. The molecule has 4 rings (SSSR count). The Morgan fingerprint density at radius 1 is 1.36 bits per heavy atom. The van der Waals surface area contributed by atoms with Gasteiger partial charge in [-0.2, -0.15) is 0 Å². The van der Waals surface area contributed by atoms with E-state index in [1.54, 1.807) is 17.7 Å². The number of hydrogen-bond acceptors (Lipinski definition) is 5. The molecular weight excluding hydrogens is 453 g/mol. The van der Waals surface area contributed by atoms with E-state index >= 15 is 0 Å². The van der Waals surface area contributed by atoms with E-state index in [4.69, 9.17) is 16.3 Å². The number of nitrogens with zero attached hydrogens (tertiary/aromatic N) is 2. The second-order valence-corrected chi connectivity index (χ2v) is 9.03. The van der Waals surface area contributed by atoms with Crippen molar-refractivity contribution in [3.63, 3.8) is 0 Å². The Morgan fingerprint density at radius 2 is 2.09 bits per heavy atom. The van der Waals surface area contributed by atoms with Crippen LogP contribution in [0.1, 0.15) is 52.6 Å². The molecule has 1 saturated carbocycles. The maximum absolute atomic E-state index is 14.1. The lowest BCUT2D eigenvalue weighted by Gasteiger charge is -2.53. The summed E-state index contributed by atoms with van der Waals surface area (Å²) in [6.45, 7) is 2.79. The van der Waals surface area contributed by atoms with Gasteiger partial charge in [-0.3, -0.25) is 14.4 Å². The standard InChI is InChI=1S/C23H25ClFN3O5/c1-3-7-33-14-8-23(9-14)12-27(2)22(32)18-20(30)19(29)15(11-28(18)23)21(31)26-10-13-5-4-6-16(24)17(13)25/h4-6,11,14,30H,3,7-10,12H2,1-2H3,(H,26,31)/t14-,23-. The number of likely N-dealkylation sites (N-methyl/N-ethyl adjacent to an activating group) is 1. The van der Waals surface area contributed by atoms with Crippen molar-refractivity contribution in [2.45, 2.75) is 44.4 Å². The zero-order chi connectivity index (χ0) is 23.9. The molecule has 1 aliphatic carbocycles. The molecule has 1 aliphatic heterocycles. The van der Waals surface area contributed by atoms with Gasteiger partial charge in [0.1, 0.15) is 11.4 Å². The quantitative estimate of drug-likeness (QED) is 0.666. The third kappa shape index (κ3) is 4.00. The largest absolute Gasteiger partial charge is 0.503 e. The summed E-state index contributed by atoms with van der Waals surface area (Å²) in [4.78, 5) is 39.8. The first-order valence-electron chi connectivity index (χ1n) is 10.8. The van der Waals surface area contributed by atoms with Crippen LogP contribution in [-0.4, -0.2) is 52.7 Å². The van der Waals surface area contributed by atoms with Crippen molar-refractivity contribution in [2.24, 2.45) is 0 Å². The van der Waals surface area contributed by atoms with Crippen molar-refractivity contribution >= 4 is 23.4 Å². The van der Waals surface area contributed by atoms with E-state index in [0.717, 1.165) is 6.42 Å². The van der Waals surface area contributed by atoms with Crippen LogP contribution in [0.25, 0.3) is 0 Å². The molecule has 176 valence electrons. The number of fused-ring (bicyclic) bond motifs is 2. The molecule has 2 aromatic rings. The number of halogens is 2. The van der Waals surface area contributed by atoms with Gasteiger partial charge in [0.15, 0.2) is 11.4 Å². The molecule has 1 aromatic carbocycles. The highest BCUT2D eigenvalue weighted by atomic mass is 35.5. The Bertz CT molecular complexity index is 1180.